The summed E-state index contributed by atoms with van der Waals surface area (Å²) in [6.45, 7) is 2.03. The van der Waals surface area contributed by atoms with E-state index in [4.69, 9.17) is 4.74 Å². The van der Waals surface area contributed by atoms with E-state index in [-0.39, 0.29) is 5.91 Å². The van der Waals surface area contributed by atoms with Crippen molar-refractivity contribution in [2.24, 2.45) is 0 Å². The van der Waals surface area contributed by atoms with Gasteiger partial charge in [-0.15, -0.1) is 0 Å². The van der Waals surface area contributed by atoms with Crippen LogP contribution in [-0.4, -0.2) is 19.3 Å². The van der Waals surface area contributed by atoms with Gasteiger partial charge in [-0.1, -0.05) is 29.8 Å². The first kappa shape index (κ1) is 15.8. The van der Waals surface area contributed by atoms with E-state index in [0.29, 0.717) is 29.8 Å². The molecule has 1 amide bonds. The van der Waals surface area contributed by atoms with Gasteiger partial charge in [0.2, 0.25) is 5.91 Å². The third-order valence-electron chi connectivity index (χ3n) is 3.40. The summed E-state index contributed by atoms with van der Waals surface area (Å²) >= 11 is 0. The second kappa shape index (κ2) is 7.41. The number of hydrogen-bond donors (Lipinski definition) is 1. The number of aldehydes is 1. The van der Waals surface area contributed by atoms with Crippen LogP contribution in [-0.2, 0) is 11.2 Å². The maximum absolute atomic E-state index is 12.1. The molecule has 114 valence electrons. The molecule has 0 bridgehead atoms. The lowest BCUT2D eigenvalue weighted by Gasteiger charge is -2.10. The SMILES string of the molecule is COc1ccc(C=O)cc1NC(=O)CCc1ccc(C)cc1. The van der Waals surface area contributed by atoms with Crippen molar-refractivity contribution in [2.45, 2.75) is 19.8 Å². The van der Waals surface area contributed by atoms with Gasteiger partial charge in [0, 0.05) is 12.0 Å². The van der Waals surface area contributed by atoms with Gasteiger partial charge in [-0.25, -0.2) is 0 Å². The molecule has 0 aliphatic rings. The molecule has 0 heterocycles. The lowest BCUT2D eigenvalue weighted by atomic mass is 10.1. The highest BCUT2D eigenvalue weighted by Crippen LogP contribution is 2.25. The monoisotopic (exact) mass is 297 g/mol. The molecular weight excluding hydrogens is 278 g/mol. The smallest absolute Gasteiger partial charge is 0.224 e. The van der Waals surface area contributed by atoms with Gasteiger partial charge < -0.3 is 10.1 Å². The molecule has 4 nitrogen and oxygen atoms in total. The van der Waals surface area contributed by atoms with Gasteiger partial charge >= 0.3 is 0 Å². The van der Waals surface area contributed by atoms with Crippen LogP contribution >= 0.6 is 0 Å². The number of aryl methyl sites for hydroxylation is 2. The molecule has 0 unspecified atom stereocenters. The summed E-state index contributed by atoms with van der Waals surface area (Å²) in [5, 5.41) is 2.79. The summed E-state index contributed by atoms with van der Waals surface area (Å²) in [6, 6.07) is 13.0. The molecule has 1 N–H and O–H groups in total. The van der Waals surface area contributed by atoms with E-state index in [1.807, 2.05) is 31.2 Å². The summed E-state index contributed by atoms with van der Waals surface area (Å²) in [6.07, 6.45) is 1.78. The topological polar surface area (TPSA) is 55.4 Å². The number of carbonyl (C=O) groups excluding carboxylic acids is 2. The van der Waals surface area contributed by atoms with Crippen molar-refractivity contribution in [1.29, 1.82) is 0 Å². The number of benzene rings is 2. The van der Waals surface area contributed by atoms with Crippen molar-refractivity contribution in [3.05, 3.63) is 59.2 Å². The Morgan fingerprint density at radius 2 is 1.91 bits per heavy atom. The third kappa shape index (κ3) is 4.19. The summed E-state index contributed by atoms with van der Waals surface area (Å²) in [5.74, 6) is 0.427. The van der Waals surface area contributed by atoms with Crippen LogP contribution < -0.4 is 10.1 Å². The highest BCUT2D eigenvalue weighted by atomic mass is 16.5. The van der Waals surface area contributed by atoms with E-state index >= 15 is 0 Å². The van der Waals surface area contributed by atoms with Gasteiger partial charge in [0.25, 0.3) is 0 Å². The molecule has 0 aromatic heterocycles. The summed E-state index contributed by atoms with van der Waals surface area (Å²) in [4.78, 5) is 22.9. The van der Waals surface area contributed by atoms with Crippen LogP contribution in [0.15, 0.2) is 42.5 Å². The van der Waals surface area contributed by atoms with Crippen LogP contribution in [0.3, 0.4) is 0 Å². The summed E-state index contributed by atoms with van der Waals surface area (Å²) in [5.41, 5.74) is 3.33. The van der Waals surface area contributed by atoms with E-state index in [9.17, 15) is 9.59 Å². The Morgan fingerprint density at radius 1 is 1.18 bits per heavy atom. The maximum atomic E-state index is 12.1. The lowest BCUT2D eigenvalue weighted by molar-refractivity contribution is -0.116. The first-order chi connectivity index (χ1) is 10.6. The van der Waals surface area contributed by atoms with Crippen molar-refractivity contribution in [1.82, 2.24) is 0 Å². The molecule has 0 saturated carbocycles. The van der Waals surface area contributed by atoms with Crippen LogP contribution in [0.2, 0.25) is 0 Å². The van der Waals surface area contributed by atoms with Crippen LogP contribution in [0.1, 0.15) is 27.9 Å². The lowest BCUT2D eigenvalue weighted by Crippen LogP contribution is -2.13. The van der Waals surface area contributed by atoms with E-state index in [1.165, 1.54) is 12.7 Å². The van der Waals surface area contributed by atoms with Gasteiger partial charge in [0.05, 0.1) is 12.8 Å². The number of carbonyl (C=O) groups is 2. The molecule has 2 aromatic rings. The highest BCUT2D eigenvalue weighted by molar-refractivity contribution is 5.93. The minimum Gasteiger partial charge on any atom is -0.495 e. The normalized spacial score (nSPS) is 10.1. The number of anilines is 1. The number of amides is 1. The molecule has 0 aliphatic carbocycles. The zero-order valence-corrected chi connectivity index (χ0v) is 12.8. The van der Waals surface area contributed by atoms with Crippen LogP contribution in [0, 0.1) is 6.92 Å². The van der Waals surface area contributed by atoms with Gasteiger partial charge in [-0.05, 0) is 37.1 Å². The first-order valence-electron chi connectivity index (χ1n) is 7.11. The molecule has 2 aromatic carbocycles. The Morgan fingerprint density at radius 3 is 2.55 bits per heavy atom. The summed E-state index contributed by atoms with van der Waals surface area (Å²) in [7, 11) is 1.53. The minimum absolute atomic E-state index is 0.109. The predicted molar refractivity (Wildman–Crippen MR) is 86.5 cm³/mol. The fraction of sp³-hybridized carbons (Fsp3) is 0.222. The third-order valence-corrected chi connectivity index (χ3v) is 3.40. The molecule has 22 heavy (non-hydrogen) atoms. The Bertz CT molecular complexity index is 663. The van der Waals surface area contributed by atoms with Gasteiger partial charge in [0.15, 0.2) is 0 Å². The molecule has 0 fully saturated rings. The molecule has 0 spiro atoms. The van der Waals surface area contributed by atoms with Crippen molar-refractivity contribution in [3.63, 3.8) is 0 Å². The van der Waals surface area contributed by atoms with Crippen molar-refractivity contribution in [3.8, 4) is 5.75 Å². The van der Waals surface area contributed by atoms with Crippen molar-refractivity contribution >= 4 is 17.9 Å². The molecule has 0 atom stereocenters. The van der Waals surface area contributed by atoms with Gasteiger partial charge in [-0.3, -0.25) is 9.59 Å². The number of hydrogen-bond acceptors (Lipinski definition) is 3. The standard InChI is InChI=1S/C18H19NO3/c1-13-3-5-14(6-4-13)8-10-18(21)19-16-11-15(12-20)7-9-17(16)22-2/h3-7,9,11-12H,8,10H2,1-2H3,(H,19,21). The molecule has 4 heteroatoms. The molecular formula is C18H19NO3. The molecule has 0 radical (unpaired) electrons. The minimum atomic E-state index is -0.109. The maximum Gasteiger partial charge on any atom is 0.224 e. The van der Waals surface area contributed by atoms with Crippen molar-refractivity contribution in [2.75, 3.05) is 12.4 Å². The van der Waals surface area contributed by atoms with Crippen LogP contribution in [0.4, 0.5) is 5.69 Å². The Kier molecular flexibility index (Phi) is 5.31. The quantitative estimate of drug-likeness (QED) is 0.832. The average molecular weight is 297 g/mol. The zero-order valence-electron chi connectivity index (χ0n) is 12.8. The number of ether oxygens (including phenoxy) is 1. The van der Waals surface area contributed by atoms with E-state index < -0.39 is 0 Å². The number of methoxy groups -OCH3 is 1. The molecule has 0 aliphatic heterocycles. The predicted octanol–water partition coefficient (Wildman–Crippen LogP) is 3.39. The Labute approximate surface area is 130 Å². The first-order valence-corrected chi connectivity index (χ1v) is 7.11. The van der Waals surface area contributed by atoms with Crippen LogP contribution in [0.5, 0.6) is 5.75 Å². The second-order valence-corrected chi connectivity index (χ2v) is 5.11. The van der Waals surface area contributed by atoms with Crippen molar-refractivity contribution < 1.29 is 14.3 Å². The largest absolute Gasteiger partial charge is 0.495 e. The molecule has 2 rings (SSSR count). The second-order valence-electron chi connectivity index (χ2n) is 5.11. The van der Waals surface area contributed by atoms with Gasteiger partial charge in [0.1, 0.15) is 12.0 Å². The zero-order chi connectivity index (χ0) is 15.9. The van der Waals surface area contributed by atoms with Crippen LogP contribution in [0.25, 0.3) is 0 Å². The average Bonchev–Trinajstić information content (AvgIpc) is 2.54. The Balaban J connectivity index is 1.99. The fourth-order valence-corrected chi connectivity index (χ4v) is 2.12. The van der Waals surface area contributed by atoms with Gasteiger partial charge in [-0.2, -0.15) is 0 Å². The highest BCUT2D eigenvalue weighted by Gasteiger charge is 2.09. The number of nitrogens with one attached hydrogen (secondary N) is 1. The Hall–Kier alpha value is -2.62. The summed E-state index contributed by atoms with van der Waals surface area (Å²) < 4.78 is 5.19. The molecule has 0 saturated heterocycles. The van der Waals surface area contributed by atoms with E-state index in [0.717, 1.165) is 11.8 Å². The number of rotatable bonds is 6. The fourth-order valence-electron chi connectivity index (χ4n) is 2.12. The van der Waals surface area contributed by atoms with E-state index in [1.54, 1.807) is 18.2 Å². The van der Waals surface area contributed by atoms with E-state index in [2.05, 4.69) is 5.32 Å².